The van der Waals surface area contributed by atoms with Crippen molar-refractivity contribution in [2.45, 2.75) is 12.7 Å². The lowest BCUT2D eigenvalue weighted by Crippen LogP contribution is -2.44. The SMILES string of the molecule is Cn1c(=O)n(Cc2ccccc2)c2c(N3CCNCC3)ncnc21.O=C(O)C(F)(F)F. The summed E-state index contributed by atoms with van der Waals surface area (Å²) < 4.78 is 35.1. The average Bonchev–Trinajstić information content (AvgIpc) is 3.00. The first-order valence-corrected chi connectivity index (χ1v) is 9.40. The molecule has 1 fully saturated rings. The monoisotopic (exact) mass is 438 g/mol. The Morgan fingerprint density at radius 1 is 1.16 bits per heavy atom. The molecule has 1 saturated heterocycles. The Morgan fingerprint density at radius 3 is 2.35 bits per heavy atom. The van der Waals surface area contributed by atoms with E-state index < -0.39 is 12.1 Å². The lowest BCUT2D eigenvalue weighted by Gasteiger charge is -2.28. The molecule has 0 unspecified atom stereocenters. The van der Waals surface area contributed by atoms with E-state index in [9.17, 15) is 18.0 Å². The van der Waals surface area contributed by atoms with Crippen LogP contribution in [0.15, 0.2) is 41.5 Å². The molecule has 0 atom stereocenters. The van der Waals surface area contributed by atoms with Gasteiger partial charge in [0.05, 0.1) is 6.54 Å². The number of carbonyl (C=O) groups is 1. The molecule has 166 valence electrons. The number of carboxylic acid groups (broad SMARTS) is 1. The zero-order valence-electron chi connectivity index (χ0n) is 16.6. The first-order valence-electron chi connectivity index (χ1n) is 9.40. The third-order valence-corrected chi connectivity index (χ3v) is 4.73. The molecule has 3 heterocycles. The number of rotatable bonds is 3. The second-order valence-electron chi connectivity index (χ2n) is 6.82. The molecule has 4 rings (SSSR count). The van der Waals surface area contributed by atoms with Gasteiger partial charge in [-0.2, -0.15) is 13.2 Å². The van der Waals surface area contributed by atoms with Crippen LogP contribution in [0.2, 0.25) is 0 Å². The molecule has 12 heteroatoms. The maximum Gasteiger partial charge on any atom is 0.490 e. The molecule has 0 aliphatic carbocycles. The van der Waals surface area contributed by atoms with Crippen LogP contribution in [0.4, 0.5) is 19.0 Å². The van der Waals surface area contributed by atoms with Crippen LogP contribution in [0, 0.1) is 0 Å². The summed E-state index contributed by atoms with van der Waals surface area (Å²) >= 11 is 0. The van der Waals surface area contributed by atoms with Crippen LogP contribution in [-0.4, -0.2) is 62.5 Å². The molecule has 1 aliphatic heterocycles. The molecule has 2 N–H and O–H groups in total. The minimum absolute atomic E-state index is 0.0641. The van der Waals surface area contributed by atoms with Gasteiger partial charge in [-0.25, -0.2) is 19.6 Å². The molecule has 1 aromatic carbocycles. The Labute approximate surface area is 174 Å². The number of anilines is 1. The predicted octanol–water partition coefficient (Wildman–Crippen LogP) is 1.22. The van der Waals surface area contributed by atoms with Crippen LogP contribution in [0.5, 0.6) is 0 Å². The molecule has 31 heavy (non-hydrogen) atoms. The highest BCUT2D eigenvalue weighted by Crippen LogP contribution is 2.23. The van der Waals surface area contributed by atoms with Crippen molar-refractivity contribution in [1.29, 1.82) is 0 Å². The largest absolute Gasteiger partial charge is 0.490 e. The molecule has 0 radical (unpaired) electrons. The zero-order valence-corrected chi connectivity index (χ0v) is 16.6. The number of fused-ring (bicyclic) bond motifs is 1. The summed E-state index contributed by atoms with van der Waals surface area (Å²) in [5, 5.41) is 10.5. The summed E-state index contributed by atoms with van der Waals surface area (Å²) in [6.07, 6.45) is -3.54. The maximum atomic E-state index is 12.8. The molecule has 0 bridgehead atoms. The number of aliphatic carboxylic acids is 1. The summed E-state index contributed by atoms with van der Waals surface area (Å²) in [6.45, 7) is 4.10. The highest BCUT2D eigenvalue weighted by Gasteiger charge is 2.38. The lowest BCUT2D eigenvalue weighted by atomic mass is 10.2. The molecular formula is C19H21F3N6O3. The minimum Gasteiger partial charge on any atom is -0.475 e. The van der Waals surface area contributed by atoms with E-state index in [1.54, 1.807) is 22.5 Å². The van der Waals surface area contributed by atoms with Gasteiger partial charge >= 0.3 is 17.8 Å². The normalized spacial score (nSPS) is 14.3. The minimum atomic E-state index is -5.08. The fourth-order valence-electron chi connectivity index (χ4n) is 3.24. The summed E-state index contributed by atoms with van der Waals surface area (Å²) in [7, 11) is 1.76. The number of carboxylic acids is 1. The van der Waals surface area contributed by atoms with Crippen molar-refractivity contribution in [2.75, 3.05) is 31.1 Å². The number of hydrogen-bond donors (Lipinski definition) is 2. The predicted molar refractivity (Wildman–Crippen MR) is 107 cm³/mol. The third-order valence-electron chi connectivity index (χ3n) is 4.73. The molecule has 0 amide bonds. The van der Waals surface area contributed by atoms with E-state index in [1.165, 1.54) is 0 Å². The van der Waals surface area contributed by atoms with E-state index in [0.717, 1.165) is 43.1 Å². The van der Waals surface area contributed by atoms with Crippen molar-refractivity contribution in [3.8, 4) is 0 Å². The smallest absolute Gasteiger partial charge is 0.475 e. The van der Waals surface area contributed by atoms with Gasteiger partial charge in [-0.1, -0.05) is 30.3 Å². The van der Waals surface area contributed by atoms with Crippen molar-refractivity contribution >= 4 is 23.0 Å². The van der Waals surface area contributed by atoms with Crippen molar-refractivity contribution < 1.29 is 23.1 Å². The Morgan fingerprint density at radius 2 is 1.77 bits per heavy atom. The molecule has 2 aromatic heterocycles. The summed E-state index contributed by atoms with van der Waals surface area (Å²) in [5.74, 6) is -1.91. The van der Waals surface area contributed by atoms with Gasteiger partial charge < -0.3 is 15.3 Å². The molecular weight excluding hydrogens is 417 g/mol. The van der Waals surface area contributed by atoms with Gasteiger partial charge in [0.25, 0.3) is 0 Å². The molecule has 0 saturated carbocycles. The van der Waals surface area contributed by atoms with E-state index in [4.69, 9.17) is 9.90 Å². The summed E-state index contributed by atoms with van der Waals surface area (Å²) in [6, 6.07) is 10.0. The Bertz CT molecular complexity index is 1100. The number of nitrogens with zero attached hydrogens (tertiary/aromatic N) is 5. The summed E-state index contributed by atoms with van der Waals surface area (Å²) in [4.78, 5) is 32.7. The van der Waals surface area contributed by atoms with Gasteiger partial charge in [-0.15, -0.1) is 0 Å². The van der Waals surface area contributed by atoms with Crippen LogP contribution < -0.4 is 15.9 Å². The standard InChI is InChI=1S/C17H20N6O.C2HF3O2/c1-21-15-14(16(20-12-19-15)22-9-7-18-8-10-22)23(17(21)24)11-13-5-3-2-4-6-13;3-2(4,5)1(6)7/h2-6,12,18H,7-11H2,1H3;(H,6,7). The quantitative estimate of drug-likeness (QED) is 0.634. The number of aryl methyl sites for hydroxylation is 1. The Kier molecular flexibility index (Phi) is 6.59. The van der Waals surface area contributed by atoms with E-state index >= 15 is 0 Å². The molecule has 9 nitrogen and oxygen atoms in total. The topological polar surface area (TPSA) is 105 Å². The van der Waals surface area contributed by atoms with Crippen LogP contribution >= 0.6 is 0 Å². The van der Waals surface area contributed by atoms with Gasteiger partial charge in [0.15, 0.2) is 11.5 Å². The highest BCUT2D eigenvalue weighted by molar-refractivity contribution is 5.84. The Balaban J connectivity index is 0.000000339. The van der Waals surface area contributed by atoms with Crippen molar-refractivity contribution in [3.63, 3.8) is 0 Å². The molecule has 3 aromatic rings. The fraction of sp³-hybridized carbons (Fsp3) is 0.368. The van der Waals surface area contributed by atoms with Crippen molar-refractivity contribution in [1.82, 2.24) is 24.4 Å². The van der Waals surface area contributed by atoms with Crippen LogP contribution in [-0.2, 0) is 18.4 Å². The number of piperazine rings is 1. The molecule has 0 spiro atoms. The third kappa shape index (κ3) is 5.02. The number of imidazole rings is 1. The van der Waals surface area contributed by atoms with Crippen molar-refractivity contribution in [2.24, 2.45) is 7.05 Å². The second-order valence-corrected chi connectivity index (χ2v) is 6.82. The lowest BCUT2D eigenvalue weighted by molar-refractivity contribution is -0.192. The van der Waals surface area contributed by atoms with Gasteiger partial charge in [0.2, 0.25) is 0 Å². The zero-order chi connectivity index (χ0) is 22.6. The van der Waals surface area contributed by atoms with Crippen LogP contribution in [0.3, 0.4) is 0 Å². The number of aromatic nitrogens is 4. The second kappa shape index (κ2) is 9.16. The van der Waals surface area contributed by atoms with Crippen molar-refractivity contribution in [3.05, 3.63) is 52.7 Å². The van der Waals surface area contributed by atoms with Gasteiger partial charge in [0, 0.05) is 33.2 Å². The number of halogens is 3. The number of nitrogens with one attached hydrogen (secondary N) is 1. The van der Waals surface area contributed by atoms with E-state index in [1.807, 2.05) is 30.3 Å². The van der Waals surface area contributed by atoms with Gasteiger partial charge in [-0.3, -0.25) is 9.13 Å². The average molecular weight is 438 g/mol. The highest BCUT2D eigenvalue weighted by atomic mass is 19.4. The van der Waals surface area contributed by atoms with Crippen LogP contribution in [0.1, 0.15) is 5.56 Å². The number of alkyl halides is 3. The van der Waals surface area contributed by atoms with Gasteiger partial charge in [0.1, 0.15) is 11.8 Å². The molecule has 1 aliphatic rings. The first-order chi connectivity index (χ1) is 14.7. The number of hydrogen-bond acceptors (Lipinski definition) is 6. The van der Waals surface area contributed by atoms with Gasteiger partial charge in [-0.05, 0) is 5.56 Å². The fourth-order valence-corrected chi connectivity index (χ4v) is 3.24. The van der Waals surface area contributed by atoms with Crippen LogP contribution in [0.25, 0.3) is 11.2 Å². The first kappa shape index (κ1) is 22.3. The Hall–Kier alpha value is -3.41. The number of benzene rings is 1. The summed E-state index contributed by atoms with van der Waals surface area (Å²) in [5.41, 5.74) is 2.52. The van der Waals surface area contributed by atoms with E-state index in [2.05, 4.69) is 20.2 Å². The maximum absolute atomic E-state index is 12.8. The van der Waals surface area contributed by atoms with E-state index in [0.29, 0.717) is 12.2 Å². The van der Waals surface area contributed by atoms with E-state index in [-0.39, 0.29) is 5.69 Å².